The Morgan fingerprint density at radius 1 is 1.03 bits per heavy atom. The van der Waals surface area contributed by atoms with Crippen LogP contribution in [-0.2, 0) is 4.74 Å². The smallest absolute Gasteiger partial charge is 0.230 e. The molecule has 0 N–H and O–H groups in total. The molecule has 1 fully saturated rings. The third-order valence-electron chi connectivity index (χ3n) is 5.61. The van der Waals surface area contributed by atoms with Crippen LogP contribution in [0.4, 0.5) is 17.3 Å². The van der Waals surface area contributed by atoms with Gasteiger partial charge in [-0.05, 0) is 67.3 Å². The molecule has 0 aliphatic carbocycles. The summed E-state index contributed by atoms with van der Waals surface area (Å²) < 4.78 is 5.47. The second-order valence-electron chi connectivity index (χ2n) is 8.00. The molecule has 0 spiro atoms. The lowest BCUT2D eigenvalue weighted by molar-refractivity contribution is 0.122. The molecule has 0 amide bonds. The van der Waals surface area contributed by atoms with Crippen LogP contribution in [0.5, 0.6) is 0 Å². The number of ether oxygens (including phenoxy) is 1. The summed E-state index contributed by atoms with van der Waals surface area (Å²) in [5.41, 5.74) is 4.50. The van der Waals surface area contributed by atoms with Gasteiger partial charge in [0, 0.05) is 47.0 Å². The van der Waals surface area contributed by atoms with E-state index in [9.17, 15) is 0 Å². The first-order valence-corrected chi connectivity index (χ1v) is 11.6. The van der Waals surface area contributed by atoms with Gasteiger partial charge in [-0.2, -0.15) is 0 Å². The largest absolute Gasteiger partial charge is 0.378 e. The third kappa shape index (κ3) is 4.13. The first kappa shape index (κ1) is 20.0. The molecule has 1 aliphatic heterocycles. The van der Waals surface area contributed by atoms with Crippen LogP contribution in [0.3, 0.4) is 0 Å². The Kier molecular flexibility index (Phi) is 5.57. The molecule has 5 rings (SSSR count). The standard InChI is InChI=1S/C25H26N4OS/c1-18(2)29(22-8-6-21(7-9-22)28-11-13-30-14-12-28)25-26-17-20-16-19(5-10-23(20)27-25)24-4-3-15-31-24/h3-10,15-18H,11-14H2,1-2H3. The normalized spacial score (nSPS) is 14.4. The van der Waals surface area contributed by atoms with E-state index in [2.05, 4.69) is 83.6 Å². The quantitative estimate of drug-likeness (QED) is 0.404. The van der Waals surface area contributed by atoms with Crippen LogP contribution in [0.15, 0.2) is 66.2 Å². The topological polar surface area (TPSA) is 41.5 Å². The van der Waals surface area contributed by atoms with E-state index in [4.69, 9.17) is 14.7 Å². The number of morpholine rings is 1. The highest BCUT2D eigenvalue weighted by molar-refractivity contribution is 7.13. The highest BCUT2D eigenvalue weighted by Gasteiger charge is 2.18. The van der Waals surface area contributed by atoms with Crippen molar-refractivity contribution in [2.24, 2.45) is 0 Å². The molecule has 2 aromatic heterocycles. The Morgan fingerprint density at radius 2 is 1.84 bits per heavy atom. The van der Waals surface area contributed by atoms with Crippen LogP contribution in [0.2, 0.25) is 0 Å². The predicted molar refractivity (Wildman–Crippen MR) is 130 cm³/mol. The summed E-state index contributed by atoms with van der Waals surface area (Å²) in [5, 5.41) is 3.16. The number of hydrogen-bond donors (Lipinski definition) is 0. The Hall–Kier alpha value is -2.96. The van der Waals surface area contributed by atoms with Crippen molar-refractivity contribution >= 4 is 39.6 Å². The van der Waals surface area contributed by atoms with Crippen LogP contribution in [0.1, 0.15) is 13.8 Å². The van der Waals surface area contributed by atoms with Gasteiger partial charge >= 0.3 is 0 Å². The summed E-state index contributed by atoms with van der Waals surface area (Å²) in [6.45, 7) is 7.80. The molecule has 5 nitrogen and oxygen atoms in total. The average Bonchev–Trinajstić information content (AvgIpc) is 3.35. The van der Waals surface area contributed by atoms with E-state index in [-0.39, 0.29) is 6.04 Å². The molecular formula is C25H26N4OS. The zero-order valence-electron chi connectivity index (χ0n) is 17.9. The highest BCUT2D eigenvalue weighted by Crippen LogP contribution is 2.31. The molecular weight excluding hydrogens is 404 g/mol. The lowest BCUT2D eigenvalue weighted by atomic mass is 10.1. The molecule has 2 aromatic carbocycles. The van der Waals surface area contributed by atoms with Crippen molar-refractivity contribution in [2.45, 2.75) is 19.9 Å². The van der Waals surface area contributed by atoms with Crippen molar-refractivity contribution in [1.82, 2.24) is 9.97 Å². The number of thiophene rings is 1. The molecule has 0 saturated carbocycles. The van der Waals surface area contributed by atoms with Gasteiger partial charge in [0.25, 0.3) is 0 Å². The van der Waals surface area contributed by atoms with Crippen molar-refractivity contribution in [3.8, 4) is 10.4 Å². The molecule has 4 aromatic rings. The number of rotatable bonds is 5. The first-order chi connectivity index (χ1) is 15.2. The van der Waals surface area contributed by atoms with Gasteiger partial charge in [0.05, 0.1) is 18.7 Å². The minimum Gasteiger partial charge on any atom is -0.378 e. The second-order valence-corrected chi connectivity index (χ2v) is 8.95. The second kappa shape index (κ2) is 8.65. The molecule has 0 unspecified atom stereocenters. The monoisotopic (exact) mass is 430 g/mol. The van der Waals surface area contributed by atoms with E-state index in [1.54, 1.807) is 11.3 Å². The molecule has 1 saturated heterocycles. The Morgan fingerprint density at radius 3 is 2.55 bits per heavy atom. The Bertz CT molecular complexity index is 1150. The van der Waals surface area contributed by atoms with Crippen molar-refractivity contribution < 1.29 is 4.74 Å². The van der Waals surface area contributed by atoms with E-state index >= 15 is 0 Å². The molecule has 158 valence electrons. The number of nitrogens with zero attached hydrogens (tertiary/aromatic N) is 4. The average molecular weight is 431 g/mol. The molecule has 0 bridgehead atoms. The number of hydrogen-bond acceptors (Lipinski definition) is 6. The molecule has 1 aliphatic rings. The Balaban J connectivity index is 1.44. The van der Waals surface area contributed by atoms with E-state index in [0.29, 0.717) is 0 Å². The van der Waals surface area contributed by atoms with Gasteiger partial charge in [0.1, 0.15) is 0 Å². The van der Waals surface area contributed by atoms with E-state index in [1.807, 2.05) is 6.20 Å². The Labute approximate surface area is 186 Å². The minimum absolute atomic E-state index is 0.233. The van der Waals surface area contributed by atoms with Crippen molar-refractivity contribution in [2.75, 3.05) is 36.1 Å². The third-order valence-corrected chi connectivity index (χ3v) is 6.53. The van der Waals surface area contributed by atoms with Gasteiger partial charge in [-0.1, -0.05) is 12.1 Å². The molecule has 31 heavy (non-hydrogen) atoms. The SMILES string of the molecule is CC(C)N(c1ccc(N2CCOCC2)cc1)c1ncc2cc(-c3cccs3)ccc2n1. The summed E-state index contributed by atoms with van der Waals surface area (Å²) in [7, 11) is 0. The number of aromatic nitrogens is 2. The van der Waals surface area contributed by atoms with Gasteiger partial charge in [0.15, 0.2) is 0 Å². The van der Waals surface area contributed by atoms with Crippen LogP contribution in [0, 0.1) is 0 Å². The predicted octanol–water partition coefficient (Wildman–Crippen LogP) is 5.74. The van der Waals surface area contributed by atoms with E-state index in [0.717, 1.165) is 48.8 Å². The number of fused-ring (bicyclic) bond motifs is 1. The van der Waals surface area contributed by atoms with E-state index < -0.39 is 0 Å². The maximum absolute atomic E-state index is 5.47. The van der Waals surface area contributed by atoms with Crippen LogP contribution in [0.25, 0.3) is 21.3 Å². The summed E-state index contributed by atoms with van der Waals surface area (Å²) in [6.07, 6.45) is 1.94. The lowest BCUT2D eigenvalue weighted by Gasteiger charge is -2.30. The summed E-state index contributed by atoms with van der Waals surface area (Å²) in [5.74, 6) is 0.727. The minimum atomic E-state index is 0.233. The molecule has 6 heteroatoms. The number of benzene rings is 2. The van der Waals surface area contributed by atoms with Crippen molar-refractivity contribution in [3.63, 3.8) is 0 Å². The highest BCUT2D eigenvalue weighted by atomic mass is 32.1. The van der Waals surface area contributed by atoms with Crippen LogP contribution in [-0.4, -0.2) is 42.3 Å². The fourth-order valence-corrected chi connectivity index (χ4v) is 4.75. The number of anilines is 3. The van der Waals surface area contributed by atoms with Crippen molar-refractivity contribution in [3.05, 3.63) is 66.2 Å². The van der Waals surface area contributed by atoms with Crippen LogP contribution >= 0.6 is 11.3 Å². The maximum atomic E-state index is 5.47. The lowest BCUT2D eigenvalue weighted by Crippen LogP contribution is -2.36. The van der Waals surface area contributed by atoms with Gasteiger partial charge in [-0.25, -0.2) is 9.97 Å². The van der Waals surface area contributed by atoms with E-state index in [1.165, 1.54) is 16.1 Å². The van der Waals surface area contributed by atoms with Gasteiger partial charge < -0.3 is 14.5 Å². The fourth-order valence-electron chi connectivity index (χ4n) is 4.03. The fraction of sp³-hybridized carbons (Fsp3) is 0.280. The van der Waals surface area contributed by atoms with Gasteiger partial charge in [-0.15, -0.1) is 11.3 Å². The van der Waals surface area contributed by atoms with Crippen molar-refractivity contribution in [1.29, 1.82) is 0 Å². The zero-order chi connectivity index (χ0) is 21.2. The first-order valence-electron chi connectivity index (χ1n) is 10.7. The molecule has 3 heterocycles. The summed E-state index contributed by atoms with van der Waals surface area (Å²) in [4.78, 5) is 15.4. The summed E-state index contributed by atoms with van der Waals surface area (Å²) >= 11 is 1.75. The maximum Gasteiger partial charge on any atom is 0.230 e. The van der Waals surface area contributed by atoms with Crippen LogP contribution < -0.4 is 9.80 Å². The van der Waals surface area contributed by atoms with Gasteiger partial charge in [-0.3, -0.25) is 0 Å². The molecule has 0 radical (unpaired) electrons. The molecule has 0 atom stereocenters. The van der Waals surface area contributed by atoms with Gasteiger partial charge in [0.2, 0.25) is 5.95 Å². The summed E-state index contributed by atoms with van der Waals surface area (Å²) in [6, 6.07) is 19.6. The zero-order valence-corrected chi connectivity index (χ0v) is 18.7.